The third-order valence-electron chi connectivity index (χ3n) is 5.28. The van der Waals surface area contributed by atoms with Crippen LogP contribution in [0.5, 0.6) is 0 Å². The molecular weight excluding hydrogens is 370 g/mol. The zero-order chi connectivity index (χ0) is 21.2. The summed E-state index contributed by atoms with van der Waals surface area (Å²) in [6.07, 6.45) is 6.33. The molecule has 3 rings (SSSR count). The molecule has 0 saturated heterocycles. The van der Waals surface area contributed by atoms with Crippen molar-refractivity contribution in [1.82, 2.24) is 10.3 Å². The monoisotopic (exact) mass is 397 g/mol. The predicted octanol–water partition coefficient (Wildman–Crippen LogP) is 3.15. The van der Waals surface area contributed by atoms with E-state index in [-0.39, 0.29) is 12.1 Å². The Morgan fingerprint density at radius 1 is 1.17 bits per heavy atom. The van der Waals surface area contributed by atoms with Gasteiger partial charge in [0.05, 0.1) is 36.3 Å². The molecule has 2 aliphatic heterocycles. The van der Waals surface area contributed by atoms with E-state index < -0.39 is 17.9 Å². The number of aromatic amines is 1. The molecule has 0 aliphatic carbocycles. The van der Waals surface area contributed by atoms with Crippen LogP contribution in [0.25, 0.3) is 0 Å². The summed E-state index contributed by atoms with van der Waals surface area (Å²) in [5, 5.41) is 3.12. The van der Waals surface area contributed by atoms with E-state index in [9.17, 15) is 9.59 Å². The minimum Gasteiger partial charge on any atom is -0.466 e. The number of allylic oxidation sites excluding steroid dienone is 3. The first-order valence-corrected chi connectivity index (χ1v) is 9.58. The molecule has 0 aromatic carbocycles. The first-order valence-electron chi connectivity index (χ1n) is 9.58. The van der Waals surface area contributed by atoms with Gasteiger partial charge in [-0.2, -0.15) is 0 Å². The number of aliphatic imine (C=N–C) groups is 1. The van der Waals surface area contributed by atoms with Gasteiger partial charge in [-0.25, -0.2) is 9.59 Å². The quantitative estimate of drug-likeness (QED) is 0.720. The molecule has 1 aromatic heterocycles. The molecule has 2 aliphatic rings. The number of ether oxygens (including phenoxy) is 2. The zero-order valence-corrected chi connectivity index (χ0v) is 17.5. The van der Waals surface area contributed by atoms with Crippen molar-refractivity contribution in [2.24, 2.45) is 4.99 Å². The van der Waals surface area contributed by atoms with Crippen molar-refractivity contribution < 1.29 is 19.1 Å². The third kappa shape index (κ3) is 4.18. The van der Waals surface area contributed by atoms with Crippen LogP contribution in [0.1, 0.15) is 45.7 Å². The Morgan fingerprint density at radius 3 is 2.41 bits per heavy atom. The van der Waals surface area contributed by atoms with E-state index in [1.807, 2.05) is 38.1 Å². The highest BCUT2D eigenvalue weighted by Gasteiger charge is 2.38. The number of hydrogen-bond donors (Lipinski definition) is 2. The topological polar surface area (TPSA) is 92.8 Å². The Balaban J connectivity index is 1.83. The van der Waals surface area contributed by atoms with E-state index in [4.69, 9.17) is 9.47 Å². The van der Waals surface area contributed by atoms with Crippen molar-refractivity contribution in [3.8, 4) is 0 Å². The van der Waals surface area contributed by atoms with Crippen LogP contribution in [-0.4, -0.2) is 41.9 Å². The van der Waals surface area contributed by atoms with E-state index in [1.165, 1.54) is 7.11 Å². The maximum Gasteiger partial charge on any atom is 0.336 e. The number of aromatic nitrogens is 1. The Morgan fingerprint density at radius 2 is 1.86 bits per heavy atom. The molecule has 1 aromatic rings. The highest BCUT2D eigenvalue weighted by atomic mass is 16.5. The molecule has 7 nitrogen and oxygen atoms in total. The lowest BCUT2D eigenvalue weighted by Crippen LogP contribution is -2.33. The molecule has 29 heavy (non-hydrogen) atoms. The SMILES string of the molecule is COC(=O)C1=C(C)NC(C)=C(C(=O)OCCC2(C)C=CC(C)=N2)C1c1ccc[nH]1. The summed E-state index contributed by atoms with van der Waals surface area (Å²) in [6.45, 7) is 7.77. The number of nitrogens with zero attached hydrogens (tertiary/aromatic N) is 1. The zero-order valence-electron chi connectivity index (χ0n) is 17.5. The fourth-order valence-electron chi connectivity index (χ4n) is 3.82. The van der Waals surface area contributed by atoms with Crippen LogP contribution in [0.15, 0.2) is 58.0 Å². The minimum atomic E-state index is -0.589. The van der Waals surface area contributed by atoms with Gasteiger partial charge in [0.2, 0.25) is 0 Å². The van der Waals surface area contributed by atoms with Gasteiger partial charge in [0, 0.05) is 35.4 Å². The van der Waals surface area contributed by atoms with Crippen molar-refractivity contribution in [3.63, 3.8) is 0 Å². The fraction of sp³-hybridized carbons (Fsp3) is 0.409. The van der Waals surface area contributed by atoms with Crippen LogP contribution in [0.3, 0.4) is 0 Å². The van der Waals surface area contributed by atoms with Gasteiger partial charge in [0.1, 0.15) is 0 Å². The molecule has 7 heteroatoms. The van der Waals surface area contributed by atoms with Gasteiger partial charge in [-0.3, -0.25) is 4.99 Å². The van der Waals surface area contributed by atoms with E-state index in [1.54, 1.807) is 20.0 Å². The molecule has 154 valence electrons. The second kappa shape index (κ2) is 8.11. The average molecular weight is 397 g/mol. The molecule has 2 unspecified atom stereocenters. The molecule has 0 radical (unpaired) electrons. The first kappa shape index (κ1) is 20.6. The largest absolute Gasteiger partial charge is 0.466 e. The molecule has 0 saturated carbocycles. The lowest BCUT2D eigenvalue weighted by molar-refractivity contribution is -0.139. The Kier molecular flexibility index (Phi) is 5.77. The minimum absolute atomic E-state index is 0.223. The number of H-pyrrole nitrogens is 1. The Hall–Kier alpha value is -3.09. The van der Waals surface area contributed by atoms with E-state index in [0.29, 0.717) is 29.0 Å². The standard InChI is InChI=1S/C22H27N3O4/c1-13-8-9-22(4,25-13)10-12-29-21(27)18-15(3)24-14(2)17(20(26)28-5)19(18)16-7-6-11-23-16/h6-9,11,19,23-24H,10,12H2,1-5H3. The second-order valence-corrected chi connectivity index (χ2v) is 7.58. The fourth-order valence-corrected chi connectivity index (χ4v) is 3.82. The van der Waals surface area contributed by atoms with Crippen molar-refractivity contribution in [2.75, 3.05) is 13.7 Å². The number of carbonyl (C=O) groups excluding carboxylic acids is 2. The van der Waals surface area contributed by atoms with Crippen LogP contribution in [-0.2, 0) is 19.1 Å². The number of esters is 2. The lowest BCUT2D eigenvalue weighted by atomic mass is 9.83. The average Bonchev–Trinajstić information content (AvgIpc) is 3.30. The normalized spacial score (nSPS) is 23.8. The third-order valence-corrected chi connectivity index (χ3v) is 5.28. The Bertz CT molecular complexity index is 937. The van der Waals surface area contributed by atoms with Gasteiger partial charge >= 0.3 is 11.9 Å². The van der Waals surface area contributed by atoms with E-state index in [2.05, 4.69) is 15.3 Å². The van der Waals surface area contributed by atoms with Crippen LogP contribution >= 0.6 is 0 Å². The van der Waals surface area contributed by atoms with E-state index in [0.717, 1.165) is 11.4 Å². The van der Waals surface area contributed by atoms with Crippen LogP contribution in [0, 0.1) is 0 Å². The summed E-state index contributed by atoms with van der Waals surface area (Å²) in [5.74, 6) is -1.54. The summed E-state index contributed by atoms with van der Waals surface area (Å²) < 4.78 is 10.6. The van der Waals surface area contributed by atoms with Gasteiger partial charge in [0.25, 0.3) is 0 Å². The molecular formula is C22H27N3O4. The molecule has 2 N–H and O–H groups in total. The smallest absolute Gasteiger partial charge is 0.336 e. The van der Waals surface area contributed by atoms with Crippen molar-refractivity contribution in [2.45, 2.75) is 45.6 Å². The number of nitrogens with one attached hydrogen (secondary N) is 2. The Labute approximate surface area is 170 Å². The highest BCUT2D eigenvalue weighted by molar-refractivity contribution is 5.99. The molecule has 0 amide bonds. The van der Waals surface area contributed by atoms with Gasteiger partial charge in [-0.05, 0) is 45.9 Å². The summed E-state index contributed by atoms with van der Waals surface area (Å²) in [7, 11) is 1.33. The van der Waals surface area contributed by atoms with Crippen molar-refractivity contribution in [3.05, 3.63) is 58.7 Å². The predicted molar refractivity (Wildman–Crippen MR) is 110 cm³/mol. The number of rotatable bonds is 6. The van der Waals surface area contributed by atoms with Gasteiger partial charge < -0.3 is 19.8 Å². The molecule has 0 bridgehead atoms. The van der Waals surface area contributed by atoms with E-state index >= 15 is 0 Å². The number of hydrogen-bond acceptors (Lipinski definition) is 6. The van der Waals surface area contributed by atoms with Gasteiger partial charge in [-0.1, -0.05) is 6.08 Å². The highest BCUT2D eigenvalue weighted by Crippen LogP contribution is 2.38. The summed E-state index contributed by atoms with van der Waals surface area (Å²) in [6, 6.07) is 3.67. The summed E-state index contributed by atoms with van der Waals surface area (Å²) in [5.41, 5.74) is 3.42. The van der Waals surface area contributed by atoms with Crippen LogP contribution in [0.4, 0.5) is 0 Å². The molecule has 0 spiro atoms. The lowest BCUT2D eigenvalue weighted by Gasteiger charge is -2.29. The molecule has 0 fully saturated rings. The maximum absolute atomic E-state index is 13.1. The van der Waals surface area contributed by atoms with Crippen LogP contribution in [0.2, 0.25) is 0 Å². The van der Waals surface area contributed by atoms with Crippen molar-refractivity contribution >= 4 is 17.7 Å². The van der Waals surface area contributed by atoms with Gasteiger partial charge in [-0.15, -0.1) is 0 Å². The molecule has 3 heterocycles. The van der Waals surface area contributed by atoms with Crippen molar-refractivity contribution in [1.29, 1.82) is 0 Å². The first-order chi connectivity index (χ1) is 13.8. The second-order valence-electron chi connectivity index (χ2n) is 7.58. The van der Waals surface area contributed by atoms with Gasteiger partial charge in [0.15, 0.2) is 0 Å². The number of methoxy groups -OCH3 is 1. The number of dihydropyridines is 1. The maximum atomic E-state index is 13.1. The summed E-state index contributed by atoms with van der Waals surface area (Å²) in [4.78, 5) is 33.2. The summed E-state index contributed by atoms with van der Waals surface area (Å²) >= 11 is 0. The molecule has 2 atom stereocenters. The number of carbonyl (C=O) groups is 2. The van der Waals surface area contributed by atoms with Crippen LogP contribution < -0.4 is 5.32 Å².